The highest BCUT2D eigenvalue weighted by molar-refractivity contribution is 5.94. The molecule has 1 N–H and O–H groups in total. The third-order valence-electron chi connectivity index (χ3n) is 4.88. The molecule has 138 valence electrons. The molecule has 2 aromatic carbocycles. The standard InChI is InChI=1S/C22H21FN2O2/c23-18-9-5-16(6-10-18)21(20-4-3-15-27-20)24-22(26)17-7-11-19(12-8-17)25-13-1-2-14-25/h1-2,5-14,20-21H,3-4,15H2,(H,24,26)/t20-,21-/m0/s1. The Morgan fingerprint density at radius 2 is 1.78 bits per heavy atom. The predicted molar refractivity (Wildman–Crippen MR) is 101 cm³/mol. The molecule has 0 unspecified atom stereocenters. The molecule has 1 fully saturated rings. The van der Waals surface area contributed by atoms with Crippen LogP contribution in [0.4, 0.5) is 4.39 Å². The first-order valence-corrected chi connectivity index (χ1v) is 9.12. The first-order chi connectivity index (χ1) is 13.2. The number of carbonyl (C=O) groups is 1. The zero-order valence-electron chi connectivity index (χ0n) is 14.8. The lowest BCUT2D eigenvalue weighted by molar-refractivity contribution is 0.0672. The molecule has 0 saturated carbocycles. The number of amides is 1. The van der Waals surface area contributed by atoms with Crippen LogP contribution >= 0.6 is 0 Å². The molecular weight excluding hydrogens is 343 g/mol. The highest BCUT2D eigenvalue weighted by Gasteiger charge is 2.29. The second-order valence-electron chi connectivity index (χ2n) is 6.69. The van der Waals surface area contributed by atoms with Gasteiger partial charge in [-0.25, -0.2) is 4.39 Å². The van der Waals surface area contributed by atoms with Gasteiger partial charge in [-0.2, -0.15) is 0 Å². The van der Waals surface area contributed by atoms with Crippen molar-refractivity contribution in [1.29, 1.82) is 0 Å². The molecule has 2 atom stereocenters. The van der Waals surface area contributed by atoms with Crippen LogP contribution in [0.5, 0.6) is 0 Å². The van der Waals surface area contributed by atoms with Crippen molar-refractivity contribution in [2.75, 3.05) is 6.61 Å². The van der Waals surface area contributed by atoms with Crippen LogP contribution in [0.3, 0.4) is 0 Å². The van der Waals surface area contributed by atoms with Crippen LogP contribution in [0, 0.1) is 5.82 Å². The zero-order valence-corrected chi connectivity index (χ0v) is 14.8. The Morgan fingerprint density at radius 1 is 1.07 bits per heavy atom. The Bertz CT molecular complexity index is 883. The zero-order chi connectivity index (χ0) is 18.6. The quantitative estimate of drug-likeness (QED) is 0.735. The van der Waals surface area contributed by atoms with Crippen molar-refractivity contribution in [3.8, 4) is 5.69 Å². The van der Waals surface area contributed by atoms with Crippen LogP contribution < -0.4 is 5.32 Å². The second kappa shape index (κ2) is 7.76. The molecule has 0 spiro atoms. The van der Waals surface area contributed by atoms with E-state index in [2.05, 4.69) is 5.32 Å². The van der Waals surface area contributed by atoms with Gasteiger partial charge in [0.1, 0.15) is 5.82 Å². The van der Waals surface area contributed by atoms with E-state index in [1.807, 2.05) is 53.4 Å². The maximum atomic E-state index is 13.3. The molecule has 4 rings (SSSR count). The highest BCUT2D eigenvalue weighted by Crippen LogP contribution is 2.27. The number of aromatic nitrogens is 1. The average molecular weight is 364 g/mol. The van der Waals surface area contributed by atoms with E-state index < -0.39 is 0 Å². The number of nitrogens with zero attached hydrogens (tertiary/aromatic N) is 1. The van der Waals surface area contributed by atoms with Crippen molar-refractivity contribution in [2.24, 2.45) is 0 Å². The molecule has 0 aliphatic carbocycles. The third kappa shape index (κ3) is 3.93. The lowest BCUT2D eigenvalue weighted by Gasteiger charge is -2.25. The molecule has 3 aromatic rings. The minimum Gasteiger partial charge on any atom is -0.376 e. The van der Waals surface area contributed by atoms with E-state index in [9.17, 15) is 9.18 Å². The van der Waals surface area contributed by atoms with Gasteiger partial charge < -0.3 is 14.6 Å². The molecular formula is C22H21FN2O2. The van der Waals surface area contributed by atoms with Gasteiger partial charge in [-0.1, -0.05) is 12.1 Å². The van der Waals surface area contributed by atoms with Gasteiger partial charge in [0.05, 0.1) is 12.1 Å². The lowest BCUT2D eigenvalue weighted by atomic mass is 9.98. The van der Waals surface area contributed by atoms with Crippen molar-refractivity contribution in [3.05, 3.63) is 90.0 Å². The van der Waals surface area contributed by atoms with Crippen molar-refractivity contribution in [1.82, 2.24) is 9.88 Å². The third-order valence-corrected chi connectivity index (χ3v) is 4.88. The minimum absolute atomic E-state index is 0.0986. The van der Waals surface area contributed by atoms with Crippen LogP contribution in [-0.4, -0.2) is 23.2 Å². The summed E-state index contributed by atoms with van der Waals surface area (Å²) in [7, 11) is 0. The smallest absolute Gasteiger partial charge is 0.251 e. The van der Waals surface area contributed by atoms with Gasteiger partial charge in [0, 0.05) is 30.3 Å². The van der Waals surface area contributed by atoms with Crippen LogP contribution in [0.2, 0.25) is 0 Å². The first kappa shape index (κ1) is 17.5. The highest BCUT2D eigenvalue weighted by atomic mass is 19.1. The number of halogens is 1. The van der Waals surface area contributed by atoms with Crippen LogP contribution in [0.25, 0.3) is 5.69 Å². The molecule has 1 saturated heterocycles. The van der Waals surface area contributed by atoms with Crippen molar-refractivity contribution >= 4 is 5.91 Å². The van der Waals surface area contributed by atoms with E-state index >= 15 is 0 Å². The number of ether oxygens (including phenoxy) is 1. The van der Waals surface area contributed by atoms with Gasteiger partial charge in [-0.15, -0.1) is 0 Å². The van der Waals surface area contributed by atoms with Gasteiger partial charge >= 0.3 is 0 Å². The number of hydrogen-bond donors (Lipinski definition) is 1. The monoisotopic (exact) mass is 364 g/mol. The summed E-state index contributed by atoms with van der Waals surface area (Å²) in [5.41, 5.74) is 2.42. The van der Waals surface area contributed by atoms with Gasteiger partial charge in [0.2, 0.25) is 0 Å². The van der Waals surface area contributed by atoms with Gasteiger partial charge in [-0.05, 0) is 66.9 Å². The Morgan fingerprint density at radius 3 is 2.41 bits per heavy atom. The minimum atomic E-state index is -0.301. The summed E-state index contributed by atoms with van der Waals surface area (Å²) in [4.78, 5) is 12.8. The Balaban J connectivity index is 1.53. The molecule has 4 nitrogen and oxygen atoms in total. The van der Waals surface area contributed by atoms with E-state index in [0.29, 0.717) is 12.2 Å². The van der Waals surface area contributed by atoms with Gasteiger partial charge in [0.25, 0.3) is 5.91 Å². The molecule has 0 bridgehead atoms. The molecule has 5 heteroatoms. The molecule has 1 aromatic heterocycles. The Hall–Kier alpha value is -2.92. The maximum Gasteiger partial charge on any atom is 0.251 e. The normalized spacial score (nSPS) is 17.6. The summed E-state index contributed by atoms with van der Waals surface area (Å²) in [6.07, 6.45) is 5.64. The Labute approximate surface area is 157 Å². The summed E-state index contributed by atoms with van der Waals surface area (Å²) >= 11 is 0. The molecule has 2 heterocycles. The number of carbonyl (C=O) groups excluding carboxylic acids is 1. The summed E-state index contributed by atoms with van der Waals surface area (Å²) < 4.78 is 21.1. The predicted octanol–water partition coefficient (Wildman–Crippen LogP) is 4.27. The van der Waals surface area contributed by atoms with Crippen molar-refractivity contribution in [3.63, 3.8) is 0 Å². The van der Waals surface area contributed by atoms with Gasteiger partial charge in [0.15, 0.2) is 0 Å². The topological polar surface area (TPSA) is 43.3 Å². The van der Waals surface area contributed by atoms with E-state index in [-0.39, 0.29) is 23.9 Å². The van der Waals surface area contributed by atoms with Crippen LogP contribution in [0.15, 0.2) is 73.1 Å². The van der Waals surface area contributed by atoms with Crippen molar-refractivity contribution < 1.29 is 13.9 Å². The van der Waals surface area contributed by atoms with Crippen molar-refractivity contribution in [2.45, 2.75) is 25.0 Å². The SMILES string of the molecule is O=C(N[C@@H](c1ccc(F)cc1)[C@@H]1CCCO1)c1ccc(-n2cccc2)cc1. The molecule has 1 amide bonds. The molecule has 1 aliphatic heterocycles. The number of hydrogen-bond acceptors (Lipinski definition) is 2. The fourth-order valence-corrected chi connectivity index (χ4v) is 3.44. The summed E-state index contributed by atoms with van der Waals surface area (Å²) in [5, 5.41) is 3.07. The summed E-state index contributed by atoms with van der Waals surface area (Å²) in [6, 6.07) is 17.3. The van der Waals surface area contributed by atoms with Crippen LogP contribution in [-0.2, 0) is 4.74 Å². The van der Waals surface area contributed by atoms with E-state index in [1.54, 1.807) is 12.1 Å². The van der Waals surface area contributed by atoms with Gasteiger partial charge in [-0.3, -0.25) is 4.79 Å². The Kier molecular flexibility index (Phi) is 5.03. The first-order valence-electron chi connectivity index (χ1n) is 9.12. The number of nitrogens with one attached hydrogen (secondary N) is 1. The van der Waals surface area contributed by atoms with E-state index in [1.165, 1.54) is 12.1 Å². The average Bonchev–Trinajstić information content (AvgIpc) is 3.41. The maximum absolute atomic E-state index is 13.3. The van der Waals surface area contributed by atoms with E-state index in [0.717, 1.165) is 24.1 Å². The summed E-state index contributed by atoms with van der Waals surface area (Å²) in [5.74, 6) is -0.462. The fraction of sp³-hybridized carbons (Fsp3) is 0.227. The number of benzene rings is 2. The summed E-state index contributed by atoms with van der Waals surface area (Å²) in [6.45, 7) is 0.684. The largest absolute Gasteiger partial charge is 0.376 e. The lowest BCUT2D eigenvalue weighted by Crippen LogP contribution is -2.36. The molecule has 27 heavy (non-hydrogen) atoms. The molecule has 1 aliphatic rings. The van der Waals surface area contributed by atoms with Crippen LogP contribution in [0.1, 0.15) is 34.8 Å². The second-order valence-corrected chi connectivity index (χ2v) is 6.69. The molecule has 0 radical (unpaired) electrons. The number of rotatable bonds is 5. The van der Waals surface area contributed by atoms with E-state index in [4.69, 9.17) is 4.74 Å². The fourth-order valence-electron chi connectivity index (χ4n) is 3.44.